The van der Waals surface area contributed by atoms with E-state index in [-0.39, 0.29) is 24.2 Å². The number of hydrogen-bond donors (Lipinski definition) is 1. The predicted molar refractivity (Wildman–Crippen MR) is 87.6 cm³/mol. The molecular formula is C16H16FN3O3S. The SMILES string of the molecule is O=C(CN1CSCC1=O)NCCc1coc(-c2ccc(F)cc2)n1. The largest absolute Gasteiger partial charge is 0.444 e. The Morgan fingerprint density at radius 1 is 1.38 bits per heavy atom. The van der Waals surface area contributed by atoms with E-state index in [1.54, 1.807) is 12.1 Å². The maximum atomic E-state index is 12.9. The zero-order chi connectivity index (χ0) is 16.9. The fourth-order valence-electron chi connectivity index (χ4n) is 2.25. The highest BCUT2D eigenvalue weighted by Gasteiger charge is 2.22. The van der Waals surface area contributed by atoms with E-state index in [0.717, 1.165) is 0 Å². The van der Waals surface area contributed by atoms with Crippen LogP contribution in [0.15, 0.2) is 34.9 Å². The van der Waals surface area contributed by atoms with Crippen LogP contribution < -0.4 is 5.32 Å². The number of hydrogen-bond acceptors (Lipinski definition) is 5. The van der Waals surface area contributed by atoms with Gasteiger partial charge < -0.3 is 14.6 Å². The van der Waals surface area contributed by atoms with E-state index in [4.69, 9.17) is 4.42 Å². The molecule has 1 aromatic heterocycles. The molecule has 8 heteroatoms. The van der Waals surface area contributed by atoms with Crippen LogP contribution in [-0.4, -0.2) is 46.4 Å². The van der Waals surface area contributed by atoms with E-state index in [9.17, 15) is 14.0 Å². The van der Waals surface area contributed by atoms with E-state index in [0.29, 0.717) is 41.7 Å². The number of thioether (sulfide) groups is 1. The van der Waals surface area contributed by atoms with E-state index < -0.39 is 0 Å². The van der Waals surface area contributed by atoms with Gasteiger partial charge in [0.05, 0.1) is 17.3 Å². The lowest BCUT2D eigenvalue weighted by atomic mass is 10.2. The number of carbonyl (C=O) groups is 2. The average molecular weight is 349 g/mol. The third-order valence-electron chi connectivity index (χ3n) is 3.51. The fourth-order valence-corrected chi connectivity index (χ4v) is 3.15. The minimum absolute atomic E-state index is 0.00408. The quantitative estimate of drug-likeness (QED) is 0.859. The second-order valence-electron chi connectivity index (χ2n) is 5.32. The minimum Gasteiger partial charge on any atom is -0.444 e. The van der Waals surface area contributed by atoms with E-state index in [2.05, 4.69) is 10.3 Å². The Bertz CT molecular complexity index is 732. The van der Waals surface area contributed by atoms with Crippen LogP contribution in [0.3, 0.4) is 0 Å². The lowest BCUT2D eigenvalue weighted by Crippen LogP contribution is -2.38. The van der Waals surface area contributed by atoms with Gasteiger partial charge in [0.15, 0.2) is 0 Å². The Morgan fingerprint density at radius 3 is 2.88 bits per heavy atom. The third-order valence-corrected chi connectivity index (χ3v) is 4.45. The molecule has 6 nitrogen and oxygen atoms in total. The normalized spacial score (nSPS) is 14.2. The number of nitrogens with zero attached hydrogens (tertiary/aromatic N) is 2. The summed E-state index contributed by atoms with van der Waals surface area (Å²) >= 11 is 1.51. The topological polar surface area (TPSA) is 75.4 Å². The molecule has 2 amide bonds. The van der Waals surface area contributed by atoms with Crippen LogP contribution in [0, 0.1) is 5.82 Å². The summed E-state index contributed by atoms with van der Waals surface area (Å²) in [5.41, 5.74) is 1.39. The molecule has 24 heavy (non-hydrogen) atoms. The van der Waals surface area contributed by atoms with Crippen LogP contribution in [0.25, 0.3) is 11.5 Å². The summed E-state index contributed by atoms with van der Waals surface area (Å²) < 4.78 is 18.3. The molecule has 0 radical (unpaired) electrons. The van der Waals surface area contributed by atoms with Crippen molar-refractivity contribution in [1.29, 1.82) is 0 Å². The molecule has 1 aliphatic rings. The molecule has 2 aromatic rings. The van der Waals surface area contributed by atoms with Crippen molar-refractivity contribution in [3.8, 4) is 11.5 Å². The highest BCUT2D eigenvalue weighted by Crippen LogP contribution is 2.19. The number of carbonyl (C=O) groups excluding carboxylic acids is 2. The van der Waals surface area contributed by atoms with Crippen LogP contribution in [0.4, 0.5) is 4.39 Å². The van der Waals surface area contributed by atoms with Crippen molar-refractivity contribution in [1.82, 2.24) is 15.2 Å². The molecular weight excluding hydrogens is 333 g/mol. The summed E-state index contributed by atoms with van der Waals surface area (Å²) in [7, 11) is 0. The van der Waals surface area contributed by atoms with E-state index in [1.165, 1.54) is 35.1 Å². The Labute approximate surface area is 142 Å². The first-order valence-corrected chi connectivity index (χ1v) is 8.60. The molecule has 1 N–H and O–H groups in total. The van der Waals surface area contributed by atoms with Gasteiger partial charge in [0.2, 0.25) is 17.7 Å². The predicted octanol–water partition coefficient (Wildman–Crippen LogP) is 1.67. The number of amides is 2. The van der Waals surface area contributed by atoms with Gasteiger partial charge in [0.25, 0.3) is 0 Å². The second-order valence-corrected chi connectivity index (χ2v) is 6.28. The monoisotopic (exact) mass is 349 g/mol. The molecule has 2 heterocycles. The molecule has 0 atom stereocenters. The van der Waals surface area contributed by atoms with Crippen molar-refractivity contribution < 1.29 is 18.4 Å². The van der Waals surface area contributed by atoms with Crippen LogP contribution >= 0.6 is 11.8 Å². The number of halogens is 1. The number of nitrogens with one attached hydrogen (secondary N) is 1. The molecule has 3 rings (SSSR count). The molecule has 0 aliphatic carbocycles. The molecule has 1 saturated heterocycles. The molecule has 126 valence electrons. The first-order chi connectivity index (χ1) is 11.6. The van der Waals surface area contributed by atoms with Crippen molar-refractivity contribution in [2.45, 2.75) is 6.42 Å². The minimum atomic E-state index is -0.317. The van der Waals surface area contributed by atoms with Crippen molar-refractivity contribution in [2.24, 2.45) is 0 Å². The lowest BCUT2D eigenvalue weighted by Gasteiger charge is -2.13. The average Bonchev–Trinajstić information content (AvgIpc) is 3.18. The van der Waals surface area contributed by atoms with Crippen LogP contribution in [0.1, 0.15) is 5.69 Å². The Morgan fingerprint density at radius 2 is 2.17 bits per heavy atom. The number of aromatic nitrogens is 1. The molecule has 0 bridgehead atoms. The van der Waals surface area contributed by atoms with Crippen molar-refractivity contribution in [2.75, 3.05) is 24.7 Å². The van der Waals surface area contributed by atoms with E-state index in [1.807, 2.05) is 0 Å². The first kappa shape index (κ1) is 16.5. The van der Waals surface area contributed by atoms with Crippen LogP contribution in [0.2, 0.25) is 0 Å². The van der Waals surface area contributed by atoms with Gasteiger partial charge in [0.1, 0.15) is 18.6 Å². The van der Waals surface area contributed by atoms with Gasteiger partial charge in [-0.3, -0.25) is 9.59 Å². The Hall–Kier alpha value is -2.35. The molecule has 1 aliphatic heterocycles. The summed E-state index contributed by atoms with van der Waals surface area (Å²) in [6, 6.07) is 5.88. The second kappa shape index (κ2) is 7.48. The van der Waals surface area contributed by atoms with E-state index >= 15 is 0 Å². The van der Waals surface area contributed by atoms with Gasteiger partial charge in [-0.05, 0) is 24.3 Å². The number of oxazole rings is 1. The summed E-state index contributed by atoms with van der Waals surface area (Å²) in [6.45, 7) is 0.495. The maximum absolute atomic E-state index is 12.9. The molecule has 1 aromatic carbocycles. The molecule has 0 spiro atoms. The highest BCUT2D eigenvalue weighted by atomic mass is 32.2. The smallest absolute Gasteiger partial charge is 0.239 e. The zero-order valence-electron chi connectivity index (χ0n) is 12.8. The van der Waals surface area contributed by atoms with Gasteiger partial charge in [-0.1, -0.05) is 0 Å². The maximum Gasteiger partial charge on any atom is 0.239 e. The van der Waals surface area contributed by atoms with Crippen LogP contribution in [-0.2, 0) is 16.0 Å². The third kappa shape index (κ3) is 4.14. The van der Waals surface area contributed by atoms with Gasteiger partial charge in [-0.2, -0.15) is 0 Å². The van der Waals surface area contributed by atoms with Crippen molar-refractivity contribution >= 4 is 23.6 Å². The zero-order valence-corrected chi connectivity index (χ0v) is 13.6. The van der Waals surface area contributed by atoms with Gasteiger partial charge in [0, 0.05) is 18.5 Å². The summed E-state index contributed by atoms with van der Waals surface area (Å²) in [5.74, 6) is 0.914. The first-order valence-electron chi connectivity index (χ1n) is 7.44. The number of rotatable bonds is 6. The van der Waals surface area contributed by atoms with Gasteiger partial charge in [-0.15, -0.1) is 11.8 Å². The van der Waals surface area contributed by atoms with Crippen molar-refractivity contribution in [3.63, 3.8) is 0 Å². The Balaban J connectivity index is 1.46. The molecule has 1 fully saturated rings. The molecule has 0 saturated carbocycles. The Kier molecular flexibility index (Phi) is 5.14. The highest BCUT2D eigenvalue weighted by molar-refractivity contribution is 8.00. The van der Waals surface area contributed by atoms with Gasteiger partial charge >= 0.3 is 0 Å². The summed E-state index contributed by atoms with van der Waals surface area (Å²) in [4.78, 5) is 29.1. The fraction of sp³-hybridized carbons (Fsp3) is 0.312. The van der Waals surface area contributed by atoms with Crippen molar-refractivity contribution in [3.05, 3.63) is 42.0 Å². The number of benzene rings is 1. The lowest BCUT2D eigenvalue weighted by molar-refractivity contribution is -0.132. The van der Waals surface area contributed by atoms with Gasteiger partial charge in [-0.25, -0.2) is 9.37 Å². The summed E-state index contributed by atoms with van der Waals surface area (Å²) in [6.07, 6.45) is 2.03. The van der Waals surface area contributed by atoms with Crippen LogP contribution in [0.5, 0.6) is 0 Å². The summed E-state index contributed by atoms with van der Waals surface area (Å²) in [5, 5.41) is 2.76. The molecule has 0 unspecified atom stereocenters. The standard InChI is InChI=1S/C16H16FN3O3S/c17-12-3-1-11(2-4-12)16-19-13(8-23-16)5-6-18-14(21)7-20-10-24-9-15(20)22/h1-4,8H,5-7,9-10H2,(H,18,21).